The van der Waals surface area contributed by atoms with Gasteiger partial charge in [0.05, 0.1) is 15.9 Å². The van der Waals surface area contributed by atoms with Crippen LogP contribution in [0.4, 0.5) is 0 Å². The molecule has 2 atom stereocenters. The van der Waals surface area contributed by atoms with Crippen molar-refractivity contribution in [1.82, 2.24) is 20.0 Å². The highest BCUT2D eigenvalue weighted by atomic mass is 79.9. The Hall–Kier alpha value is -0.390. The van der Waals surface area contributed by atoms with E-state index in [2.05, 4.69) is 58.9 Å². The Bertz CT molecular complexity index is 455. The van der Waals surface area contributed by atoms with Crippen LogP contribution >= 0.6 is 15.9 Å². The Kier molecular flexibility index (Phi) is 5.26. The van der Waals surface area contributed by atoms with E-state index in [4.69, 9.17) is 0 Å². The summed E-state index contributed by atoms with van der Waals surface area (Å²) in [6.07, 6.45) is 1.24. The second kappa shape index (κ2) is 6.58. The third kappa shape index (κ3) is 3.62. The molecule has 0 amide bonds. The summed E-state index contributed by atoms with van der Waals surface area (Å²) in [5.41, 5.74) is 2.36. The maximum atomic E-state index is 4.51. The quantitative estimate of drug-likeness (QED) is 0.913. The molecule has 1 aromatic rings. The average molecular weight is 343 g/mol. The van der Waals surface area contributed by atoms with Crippen molar-refractivity contribution in [2.75, 3.05) is 13.1 Å². The molecule has 2 unspecified atom stereocenters. The Morgan fingerprint density at radius 1 is 1.45 bits per heavy atom. The number of nitrogens with zero attached hydrogens (tertiary/aromatic N) is 3. The zero-order chi connectivity index (χ0) is 14.9. The van der Waals surface area contributed by atoms with E-state index in [0.717, 1.165) is 35.7 Å². The summed E-state index contributed by atoms with van der Waals surface area (Å²) in [5, 5.41) is 8.12. The van der Waals surface area contributed by atoms with Crippen LogP contribution in [0.3, 0.4) is 0 Å². The Morgan fingerprint density at radius 3 is 2.70 bits per heavy atom. The maximum absolute atomic E-state index is 4.51. The highest BCUT2D eigenvalue weighted by Crippen LogP contribution is 2.24. The van der Waals surface area contributed by atoms with Crippen LogP contribution in [0.15, 0.2) is 4.47 Å². The zero-order valence-corrected chi connectivity index (χ0v) is 14.9. The Labute approximate surface area is 131 Å². The van der Waals surface area contributed by atoms with Crippen molar-refractivity contribution >= 4 is 15.9 Å². The summed E-state index contributed by atoms with van der Waals surface area (Å²) in [7, 11) is 2.04. The second-order valence-corrected chi connectivity index (χ2v) is 7.28. The summed E-state index contributed by atoms with van der Waals surface area (Å²) in [4.78, 5) is 2.61. The molecule has 0 radical (unpaired) electrons. The maximum Gasteiger partial charge on any atom is 0.0739 e. The molecule has 1 saturated heterocycles. The van der Waals surface area contributed by atoms with Gasteiger partial charge in [-0.1, -0.05) is 13.8 Å². The minimum absolute atomic E-state index is 0.562. The van der Waals surface area contributed by atoms with Gasteiger partial charge < -0.3 is 5.32 Å². The number of hydrogen-bond donors (Lipinski definition) is 1. The lowest BCUT2D eigenvalue weighted by molar-refractivity contribution is 0.108. The topological polar surface area (TPSA) is 33.1 Å². The van der Waals surface area contributed by atoms with Crippen molar-refractivity contribution < 1.29 is 0 Å². The lowest BCUT2D eigenvalue weighted by atomic mass is 9.99. The molecule has 0 saturated carbocycles. The minimum atomic E-state index is 0.562. The van der Waals surface area contributed by atoms with E-state index in [1.165, 1.54) is 12.1 Å². The molecule has 2 rings (SSSR count). The van der Waals surface area contributed by atoms with E-state index < -0.39 is 0 Å². The van der Waals surface area contributed by atoms with Crippen LogP contribution < -0.4 is 5.32 Å². The van der Waals surface area contributed by atoms with E-state index in [1.54, 1.807) is 0 Å². The first-order valence-corrected chi connectivity index (χ1v) is 8.33. The number of aryl methyl sites for hydroxylation is 2. The first-order chi connectivity index (χ1) is 9.38. The standard InChI is InChI=1S/C15H27BrN4/c1-10(2)6-13-7-17-11(3)8-20(13)9-14-15(16)12(4)18-19(14)5/h10-11,13,17H,6-9H2,1-5H3. The van der Waals surface area contributed by atoms with Crippen molar-refractivity contribution in [3.63, 3.8) is 0 Å². The number of nitrogens with one attached hydrogen (secondary N) is 1. The first kappa shape index (κ1) is 16.0. The van der Waals surface area contributed by atoms with Crippen LogP contribution in [0.2, 0.25) is 0 Å². The number of halogens is 1. The SMILES string of the molecule is Cc1nn(C)c(CN2CC(C)NCC2CC(C)C)c1Br. The van der Waals surface area contributed by atoms with Crippen molar-refractivity contribution in [3.8, 4) is 0 Å². The Morgan fingerprint density at radius 2 is 2.15 bits per heavy atom. The molecule has 1 N–H and O–H groups in total. The molecule has 1 aliphatic rings. The summed E-state index contributed by atoms with van der Waals surface area (Å²) in [6, 6.07) is 1.18. The molecule has 114 valence electrons. The lowest BCUT2D eigenvalue weighted by Gasteiger charge is -2.40. The molecular formula is C15H27BrN4. The smallest absolute Gasteiger partial charge is 0.0739 e. The number of aromatic nitrogens is 2. The largest absolute Gasteiger partial charge is 0.311 e. The fourth-order valence-electron chi connectivity index (χ4n) is 3.05. The zero-order valence-electron chi connectivity index (χ0n) is 13.3. The van der Waals surface area contributed by atoms with Gasteiger partial charge >= 0.3 is 0 Å². The van der Waals surface area contributed by atoms with Gasteiger partial charge in [-0.15, -0.1) is 0 Å². The van der Waals surface area contributed by atoms with Crippen molar-refractivity contribution in [2.24, 2.45) is 13.0 Å². The van der Waals surface area contributed by atoms with Gasteiger partial charge in [-0.25, -0.2) is 0 Å². The molecule has 1 fully saturated rings. The van der Waals surface area contributed by atoms with Crippen molar-refractivity contribution in [1.29, 1.82) is 0 Å². The van der Waals surface area contributed by atoms with Crippen LogP contribution in [0.5, 0.6) is 0 Å². The Balaban J connectivity index is 2.14. The first-order valence-electron chi connectivity index (χ1n) is 7.53. The van der Waals surface area contributed by atoms with E-state index >= 15 is 0 Å². The number of piperazine rings is 1. The van der Waals surface area contributed by atoms with Crippen LogP contribution in [0, 0.1) is 12.8 Å². The molecule has 1 aromatic heterocycles. The second-order valence-electron chi connectivity index (χ2n) is 6.49. The van der Waals surface area contributed by atoms with E-state index in [-0.39, 0.29) is 0 Å². The molecule has 5 heteroatoms. The van der Waals surface area contributed by atoms with Gasteiger partial charge in [-0.3, -0.25) is 9.58 Å². The highest BCUT2D eigenvalue weighted by Gasteiger charge is 2.28. The van der Waals surface area contributed by atoms with Crippen molar-refractivity contribution in [2.45, 2.75) is 52.7 Å². The third-order valence-electron chi connectivity index (χ3n) is 4.08. The fraction of sp³-hybridized carbons (Fsp3) is 0.800. The van der Waals surface area contributed by atoms with Gasteiger partial charge in [0.1, 0.15) is 0 Å². The van der Waals surface area contributed by atoms with E-state index in [1.807, 2.05) is 11.7 Å². The predicted octanol–water partition coefficient (Wildman–Crippen LogP) is 2.70. The summed E-state index contributed by atoms with van der Waals surface area (Å²) in [5.74, 6) is 0.731. The lowest BCUT2D eigenvalue weighted by Crippen LogP contribution is -2.55. The van der Waals surface area contributed by atoms with Crippen LogP contribution in [0.1, 0.15) is 38.6 Å². The van der Waals surface area contributed by atoms with Crippen LogP contribution in [-0.4, -0.2) is 39.9 Å². The molecule has 0 spiro atoms. The molecular weight excluding hydrogens is 316 g/mol. The fourth-order valence-corrected chi connectivity index (χ4v) is 3.51. The minimum Gasteiger partial charge on any atom is -0.311 e. The normalized spacial score (nSPS) is 24.6. The molecule has 4 nitrogen and oxygen atoms in total. The van der Waals surface area contributed by atoms with E-state index in [9.17, 15) is 0 Å². The van der Waals surface area contributed by atoms with Gasteiger partial charge in [-0.2, -0.15) is 5.10 Å². The predicted molar refractivity (Wildman–Crippen MR) is 86.8 cm³/mol. The van der Waals surface area contributed by atoms with Gasteiger partial charge in [0.25, 0.3) is 0 Å². The monoisotopic (exact) mass is 342 g/mol. The molecule has 1 aliphatic heterocycles. The van der Waals surface area contributed by atoms with Gasteiger partial charge in [0.15, 0.2) is 0 Å². The molecule has 0 bridgehead atoms. The van der Waals surface area contributed by atoms with Gasteiger partial charge in [0.2, 0.25) is 0 Å². The average Bonchev–Trinajstić information content (AvgIpc) is 2.59. The van der Waals surface area contributed by atoms with Gasteiger partial charge in [0, 0.05) is 38.8 Å². The van der Waals surface area contributed by atoms with Crippen LogP contribution in [-0.2, 0) is 13.6 Å². The molecule has 2 heterocycles. The molecule has 0 aromatic carbocycles. The molecule has 0 aliphatic carbocycles. The third-order valence-corrected chi connectivity index (χ3v) is 5.12. The number of hydrogen-bond acceptors (Lipinski definition) is 3. The summed E-state index contributed by atoms with van der Waals surface area (Å²) < 4.78 is 3.17. The van der Waals surface area contributed by atoms with Crippen molar-refractivity contribution in [3.05, 3.63) is 15.9 Å². The van der Waals surface area contributed by atoms with Crippen LogP contribution in [0.25, 0.3) is 0 Å². The highest BCUT2D eigenvalue weighted by molar-refractivity contribution is 9.10. The molecule has 20 heavy (non-hydrogen) atoms. The summed E-state index contributed by atoms with van der Waals surface area (Å²) >= 11 is 3.69. The van der Waals surface area contributed by atoms with Gasteiger partial charge in [-0.05, 0) is 42.1 Å². The number of rotatable bonds is 4. The summed E-state index contributed by atoms with van der Waals surface area (Å²) in [6.45, 7) is 12.1. The van der Waals surface area contributed by atoms with E-state index in [0.29, 0.717) is 12.1 Å².